The molecule has 0 saturated carbocycles. The molecule has 0 aromatic carbocycles. The molecule has 2 unspecified atom stereocenters. The van der Waals surface area contributed by atoms with Gasteiger partial charge in [-0.2, -0.15) is 0 Å². The highest BCUT2D eigenvalue weighted by Gasteiger charge is 2.19. The molecule has 1 aromatic rings. The Morgan fingerprint density at radius 1 is 1.50 bits per heavy atom. The molecule has 0 bridgehead atoms. The third kappa shape index (κ3) is 3.03. The zero-order valence-corrected chi connectivity index (χ0v) is 9.97. The van der Waals surface area contributed by atoms with Crippen molar-refractivity contribution in [2.75, 3.05) is 6.54 Å². The summed E-state index contributed by atoms with van der Waals surface area (Å²) >= 11 is 1.50. The van der Waals surface area contributed by atoms with Gasteiger partial charge in [0.2, 0.25) is 0 Å². The average molecular weight is 213 g/mol. The molecule has 0 spiro atoms. The van der Waals surface area contributed by atoms with Crippen molar-refractivity contribution in [3.8, 4) is 0 Å². The van der Waals surface area contributed by atoms with Gasteiger partial charge in [0.25, 0.3) is 0 Å². The van der Waals surface area contributed by atoms with Crippen molar-refractivity contribution in [2.45, 2.75) is 39.7 Å². The van der Waals surface area contributed by atoms with Gasteiger partial charge in [0.1, 0.15) is 0 Å². The van der Waals surface area contributed by atoms with E-state index in [0.29, 0.717) is 12.0 Å². The van der Waals surface area contributed by atoms with E-state index in [-0.39, 0.29) is 0 Å². The van der Waals surface area contributed by atoms with E-state index in [2.05, 4.69) is 35.7 Å². The molecular weight excluding hydrogens is 194 g/mol. The van der Waals surface area contributed by atoms with Gasteiger partial charge in [0.05, 0.1) is 11.1 Å². The fourth-order valence-electron chi connectivity index (χ4n) is 1.74. The Morgan fingerprint density at radius 3 is 2.79 bits per heavy atom. The molecule has 0 amide bonds. The van der Waals surface area contributed by atoms with Crippen LogP contribution < -0.4 is 5.32 Å². The second-order valence-corrected chi connectivity index (χ2v) is 4.44. The van der Waals surface area contributed by atoms with Gasteiger partial charge in [0, 0.05) is 6.04 Å². The normalized spacial score (nSPS) is 15.4. The summed E-state index contributed by atoms with van der Waals surface area (Å²) in [7, 11) is 0. The third-order valence-corrected chi connectivity index (χ3v) is 3.17. The molecule has 14 heavy (non-hydrogen) atoms. The van der Waals surface area contributed by atoms with E-state index in [4.69, 9.17) is 0 Å². The van der Waals surface area contributed by atoms with Gasteiger partial charge in [-0.15, -0.1) is 5.10 Å². The summed E-state index contributed by atoms with van der Waals surface area (Å²) in [6, 6.07) is 0.431. The van der Waals surface area contributed by atoms with Gasteiger partial charge in [0.15, 0.2) is 0 Å². The lowest BCUT2D eigenvalue weighted by atomic mass is 9.96. The van der Waals surface area contributed by atoms with E-state index in [9.17, 15) is 0 Å². The van der Waals surface area contributed by atoms with E-state index in [1.807, 2.05) is 6.20 Å². The summed E-state index contributed by atoms with van der Waals surface area (Å²) in [6.45, 7) is 7.65. The molecule has 1 N–H and O–H groups in total. The summed E-state index contributed by atoms with van der Waals surface area (Å²) in [6.07, 6.45) is 4.36. The van der Waals surface area contributed by atoms with Crippen LogP contribution in [-0.4, -0.2) is 16.1 Å². The maximum Gasteiger partial charge on any atom is 0.0669 e. The van der Waals surface area contributed by atoms with Crippen molar-refractivity contribution in [1.29, 1.82) is 0 Å². The van der Waals surface area contributed by atoms with Gasteiger partial charge in [-0.05, 0) is 30.4 Å². The molecule has 0 radical (unpaired) electrons. The summed E-state index contributed by atoms with van der Waals surface area (Å²) in [4.78, 5) is 1.26. The minimum atomic E-state index is 0.431. The molecule has 4 heteroatoms. The van der Waals surface area contributed by atoms with Crippen molar-refractivity contribution in [1.82, 2.24) is 14.9 Å². The summed E-state index contributed by atoms with van der Waals surface area (Å²) in [5.41, 5.74) is 0. The fraction of sp³-hybridized carbons (Fsp3) is 0.800. The Labute approximate surface area is 90.1 Å². The number of nitrogens with zero attached hydrogens (tertiary/aromatic N) is 2. The predicted octanol–water partition coefficient (Wildman–Crippen LogP) is 2.62. The van der Waals surface area contributed by atoms with Crippen molar-refractivity contribution >= 4 is 11.5 Å². The van der Waals surface area contributed by atoms with E-state index in [1.165, 1.54) is 29.3 Å². The fourth-order valence-corrected chi connectivity index (χ4v) is 2.45. The van der Waals surface area contributed by atoms with Gasteiger partial charge < -0.3 is 5.32 Å². The molecule has 0 aliphatic carbocycles. The highest BCUT2D eigenvalue weighted by molar-refractivity contribution is 7.05. The van der Waals surface area contributed by atoms with Crippen molar-refractivity contribution in [2.24, 2.45) is 5.92 Å². The first kappa shape index (κ1) is 11.6. The molecular formula is C10H19N3S. The number of rotatable bonds is 6. The van der Waals surface area contributed by atoms with Gasteiger partial charge in [-0.3, -0.25) is 0 Å². The van der Waals surface area contributed by atoms with Crippen LogP contribution in [0.3, 0.4) is 0 Å². The Kier molecular flexibility index (Phi) is 5.04. The van der Waals surface area contributed by atoms with Crippen LogP contribution in [0.5, 0.6) is 0 Å². The Balaban J connectivity index is 2.63. The Hall–Kier alpha value is -0.480. The van der Waals surface area contributed by atoms with Crippen molar-refractivity contribution in [3.63, 3.8) is 0 Å². The zero-order valence-electron chi connectivity index (χ0n) is 9.16. The number of nitrogens with one attached hydrogen (secondary N) is 1. The van der Waals surface area contributed by atoms with Crippen molar-refractivity contribution in [3.05, 3.63) is 11.1 Å². The summed E-state index contributed by atoms with van der Waals surface area (Å²) < 4.78 is 3.92. The summed E-state index contributed by atoms with van der Waals surface area (Å²) in [5, 5.41) is 7.40. The number of hydrogen-bond donors (Lipinski definition) is 1. The molecule has 0 aliphatic heterocycles. The van der Waals surface area contributed by atoms with Crippen LogP contribution in [0.1, 0.15) is 44.5 Å². The highest BCUT2D eigenvalue weighted by Crippen LogP contribution is 2.26. The maximum absolute atomic E-state index is 3.92. The highest BCUT2D eigenvalue weighted by atomic mass is 32.1. The topological polar surface area (TPSA) is 37.8 Å². The first-order chi connectivity index (χ1) is 6.79. The third-order valence-electron chi connectivity index (χ3n) is 2.42. The van der Waals surface area contributed by atoms with E-state index in [1.54, 1.807) is 0 Å². The largest absolute Gasteiger partial charge is 0.309 e. The molecule has 2 atom stereocenters. The molecule has 3 nitrogen and oxygen atoms in total. The molecule has 0 saturated heterocycles. The van der Waals surface area contributed by atoms with Crippen LogP contribution in [0, 0.1) is 5.92 Å². The molecule has 80 valence electrons. The monoisotopic (exact) mass is 213 g/mol. The maximum atomic E-state index is 3.92. The number of hydrogen-bond acceptors (Lipinski definition) is 4. The van der Waals surface area contributed by atoms with Gasteiger partial charge >= 0.3 is 0 Å². The zero-order chi connectivity index (χ0) is 10.4. The van der Waals surface area contributed by atoms with Crippen LogP contribution in [0.2, 0.25) is 0 Å². The van der Waals surface area contributed by atoms with Gasteiger partial charge in [-0.1, -0.05) is 31.7 Å². The minimum absolute atomic E-state index is 0.431. The van der Waals surface area contributed by atoms with Crippen LogP contribution in [-0.2, 0) is 0 Å². The molecule has 0 fully saturated rings. The lowest BCUT2D eigenvalue weighted by Gasteiger charge is -2.22. The van der Waals surface area contributed by atoms with Crippen LogP contribution >= 0.6 is 11.5 Å². The quantitative estimate of drug-likeness (QED) is 0.789. The molecule has 1 rings (SSSR count). The Bertz CT molecular complexity index is 236. The first-order valence-electron chi connectivity index (χ1n) is 5.30. The first-order valence-corrected chi connectivity index (χ1v) is 6.07. The lowest BCUT2D eigenvalue weighted by molar-refractivity contribution is 0.373. The van der Waals surface area contributed by atoms with Gasteiger partial charge in [-0.25, -0.2) is 0 Å². The van der Waals surface area contributed by atoms with Crippen LogP contribution in [0.25, 0.3) is 0 Å². The Morgan fingerprint density at radius 2 is 2.29 bits per heavy atom. The molecule has 1 heterocycles. The van der Waals surface area contributed by atoms with E-state index < -0.39 is 0 Å². The SMILES string of the molecule is CCCC(C)C(NCC)c1cnns1. The van der Waals surface area contributed by atoms with E-state index in [0.717, 1.165) is 6.54 Å². The van der Waals surface area contributed by atoms with Crippen LogP contribution in [0.4, 0.5) is 0 Å². The predicted molar refractivity (Wildman–Crippen MR) is 60.4 cm³/mol. The second kappa shape index (κ2) is 6.09. The lowest BCUT2D eigenvalue weighted by Crippen LogP contribution is -2.26. The smallest absolute Gasteiger partial charge is 0.0669 e. The summed E-state index contributed by atoms with van der Waals surface area (Å²) in [5.74, 6) is 0.655. The van der Waals surface area contributed by atoms with Crippen molar-refractivity contribution < 1.29 is 0 Å². The standard InChI is InChI=1S/C10H19N3S/c1-4-6-8(3)10(11-5-2)9-7-12-13-14-9/h7-8,10-11H,4-6H2,1-3H3. The minimum Gasteiger partial charge on any atom is -0.309 e. The average Bonchev–Trinajstić information content (AvgIpc) is 2.67. The second-order valence-electron chi connectivity index (χ2n) is 3.62. The number of aromatic nitrogens is 2. The van der Waals surface area contributed by atoms with Crippen LogP contribution in [0.15, 0.2) is 6.20 Å². The molecule has 0 aliphatic rings. The van der Waals surface area contributed by atoms with E-state index >= 15 is 0 Å². The molecule has 1 aromatic heterocycles.